The number of hydrogen-bond donors (Lipinski definition) is 1. The van der Waals surface area contributed by atoms with Gasteiger partial charge in [0.2, 0.25) is 0 Å². The molecule has 1 fully saturated rings. The van der Waals surface area contributed by atoms with Gasteiger partial charge in [0.05, 0.1) is 10.6 Å². The Morgan fingerprint density at radius 2 is 2.12 bits per heavy atom. The zero-order valence-corrected chi connectivity index (χ0v) is 10.7. The Bertz CT molecular complexity index is 338. The van der Waals surface area contributed by atoms with Gasteiger partial charge in [0.1, 0.15) is 5.75 Å². The van der Waals surface area contributed by atoms with Crippen molar-refractivity contribution < 1.29 is 9.84 Å². The minimum Gasteiger partial charge on any atom is -0.489 e. The number of halogens is 1. The molecule has 3 nitrogen and oxygen atoms in total. The molecule has 2 rings (SSSR count). The van der Waals surface area contributed by atoms with E-state index in [1.165, 1.54) is 0 Å². The summed E-state index contributed by atoms with van der Waals surface area (Å²) in [6.07, 6.45) is 7.93. The zero-order chi connectivity index (χ0) is 11.4. The van der Waals surface area contributed by atoms with E-state index >= 15 is 0 Å². The Balaban J connectivity index is 1.89. The number of hydrogen-bond acceptors (Lipinski definition) is 3. The van der Waals surface area contributed by atoms with Crippen LogP contribution in [0.3, 0.4) is 0 Å². The van der Waals surface area contributed by atoms with Crippen LogP contribution in [0.15, 0.2) is 22.9 Å². The Kier molecular flexibility index (Phi) is 4.18. The molecular weight excluding hydrogens is 270 g/mol. The van der Waals surface area contributed by atoms with Crippen molar-refractivity contribution in [2.24, 2.45) is 5.92 Å². The molecule has 16 heavy (non-hydrogen) atoms. The van der Waals surface area contributed by atoms with Crippen LogP contribution in [0.2, 0.25) is 0 Å². The minimum atomic E-state index is 0.279. The van der Waals surface area contributed by atoms with Crippen LogP contribution in [0.4, 0.5) is 0 Å². The van der Waals surface area contributed by atoms with Crippen molar-refractivity contribution in [3.8, 4) is 5.75 Å². The summed E-state index contributed by atoms with van der Waals surface area (Å²) in [5.41, 5.74) is 0. The van der Waals surface area contributed by atoms with Crippen LogP contribution in [-0.2, 0) is 0 Å². The van der Waals surface area contributed by atoms with Gasteiger partial charge in [-0.3, -0.25) is 4.98 Å². The van der Waals surface area contributed by atoms with E-state index in [1.807, 2.05) is 6.07 Å². The Labute approximate surface area is 104 Å². The van der Waals surface area contributed by atoms with Crippen LogP contribution < -0.4 is 4.74 Å². The molecule has 0 spiro atoms. The van der Waals surface area contributed by atoms with E-state index in [9.17, 15) is 0 Å². The summed E-state index contributed by atoms with van der Waals surface area (Å²) < 4.78 is 6.81. The maximum Gasteiger partial charge on any atom is 0.136 e. The molecule has 1 aliphatic rings. The number of aliphatic hydroxyl groups is 1. The molecule has 88 valence electrons. The Morgan fingerprint density at radius 1 is 1.38 bits per heavy atom. The van der Waals surface area contributed by atoms with Gasteiger partial charge in [-0.15, -0.1) is 0 Å². The van der Waals surface area contributed by atoms with Gasteiger partial charge in [-0.25, -0.2) is 0 Å². The van der Waals surface area contributed by atoms with Crippen molar-refractivity contribution in [3.63, 3.8) is 0 Å². The predicted molar refractivity (Wildman–Crippen MR) is 65.4 cm³/mol. The van der Waals surface area contributed by atoms with Gasteiger partial charge in [-0.2, -0.15) is 0 Å². The van der Waals surface area contributed by atoms with Gasteiger partial charge in [0, 0.05) is 19.0 Å². The number of rotatable bonds is 3. The summed E-state index contributed by atoms with van der Waals surface area (Å²) in [5, 5.41) is 9.05. The molecule has 0 aliphatic heterocycles. The molecule has 0 atom stereocenters. The molecule has 0 bridgehead atoms. The fraction of sp³-hybridized carbons (Fsp3) is 0.583. The second kappa shape index (κ2) is 5.64. The highest BCUT2D eigenvalue weighted by molar-refractivity contribution is 9.10. The fourth-order valence-corrected chi connectivity index (χ4v) is 2.41. The summed E-state index contributed by atoms with van der Waals surface area (Å²) in [4.78, 5) is 4.00. The molecule has 0 unspecified atom stereocenters. The second-order valence-electron chi connectivity index (χ2n) is 4.25. The first-order chi connectivity index (χ1) is 7.79. The van der Waals surface area contributed by atoms with E-state index in [0.29, 0.717) is 12.5 Å². The van der Waals surface area contributed by atoms with E-state index in [4.69, 9.17) is 9.84 Å². The van der Waals surface area contributed by atoms with Crippen molar-refractivity contribution in [2.75, 3.05) is 6.61 Å². The van der Waals surface area contributed by atoms with E-state index < -0.39 is 0 Å². The third kappa shape index (κ3) is 2.95. The molecule has 1 heterocycles. The number of aliphatic hydroxyl groups excluding tert-OH is 1. The minimum absolute atomic E-state index is 0.279. The third-order valence-corrected chi connectivity index (χ3v) is 3.68. The normalized spacial score (nSPS) is 25.4. The van der Waals surface area contributed by atoms with Crippen molar-refractivity contribution in [1.82, 2.24) is 4.98 Å². The maximum absolute atomic E-state index is 9.05. The average molecular weight is 286 g/mol. The van der Waals surface area contributed by atoms with Gasteiger partial charge >= 0.3 is 0 Å². The van der Waals surface area contributed by atoms with Crippen LogP contribution >= 0.6 is 15.9 Å². The number of aromatic nitrogens is 1. The maximum atomic E-state index is 9.05. The van der Waals surface area contributed by atoms with Crippen LogP contribution in [-0.4, -0.2) is 22.8 Å². The predicted octanol–water partition coefficient (Wildman–Crippen LogP) is 2.77. The number of ether oxygens (including phenoxy) is 1. The molecule has 0 saturated heterocycles. The monoisotopic (exact) mass is 285 g/mol. The van der Waals surface area contributed by atoms with Gasteiger partial charge in [-0.05, 0) is 53.6 Å². The van der Waals surface area contributed by atoms with Crippen molar-refractivity contribution in [3.05, 3.63) is 22.9 Å². The average Bonchev–Trinajstić information content (AvgIpc) is 2.33. The first kappa shape index (κ1) is 11.9. The fourth-order valence-electron chi connectivity index (χ4n) is 2.07. The number of nitrogens with zero attached hydrogens (tertiary/aromatic N) is 1. The smallest absolute Gasteiger partial charge is 0.136 e. The van der Waals surface area contributed by atoms with Crippen LogP contribution in [0.1, 0.15) is 25.7 Å². The lowest BCUT2D eigenvalue weighted by Gasteiger charge is -2.28. The van der Waals surface area contributed by atoms with Crippen LogP contribution in [0.25, 0.3) is 0 Å². The SMILES string of the molecule is OCC1CCC(Oc2ccncc2Br)CC1. The summed E-state index contributed by atoms with van der Waals surface area (Å²) in [5.74, 6) is 1.34. The zero-order valence-electron chi connectivity index (χ0n) is 9.10. The Hall–Kier alpha value is -0.610. The molecule has 1 aromatic heterocycles. The number of pyridine rings is 1. The lowest BCUT2D eigenvalue weighted by Crippen LogP contribution is -2.25. The quantitative estimate of drug-likeness (QED) is 0.929. The lowest BCUT2D eigenvalue weighted by molar-refractivity contribution is 0.103. The first-order valence-electron chi connectivity index (χ1n) is 5.66. The van der Waals surface area contributed by atoms with Crippen LogP contribution in [0, 0.1) is 5.92 Å². The topological polar surface area (TPSA) is 42.4 Å². The third-order valence-electron chi connectivity index (χ3n) is 3.08. The summed E-state index contributed by atoms with van der Waals surface area (Å²) >= 11 is 3.42. The van der Waals surface area contributed by atoms with Gasteiger partial charge in [0.15, 0.2) is 0 Å². The van der Waals surface area contributed by atoms with E-state index in [1.54, 1.807) is 12.4 Å². The second-order valence-corrected chi connectivity index (χ2v) is 5.10. The summed E-state index contributed by atoms with van der Waals surface area (Å²) in [6.45, 7) is 0.311. The molecule has 1 aliphatic carbocycles. The van der Waals surface area contributed by atoms with Gasteiger partial charge < -0.3 is 9.84 Å². The molecule has 1 N–H and O–H groups in total. The highest BCUT2D eigenvalue weighted by Crippen LogP contribution is 2.30. The summed E-state index contributed by atoms with van der Waals surface area (Å²) in [6, 6.07) is 1.88. The largest absolute Gasteiger partial charge is 0.489 e. The van der Waals surface area contributed by atoms with Crippen molar-refractivity contribution in [2.45, 2.75) is 31.8 Å². The lowest BCUT2D eigenvalue weighted by atomic mass is 9.88. The van der Waals surface area contributed by atoms with E-state index in [-0.39, 0.29) is 6.10 Å². The molecule has 0 radical (unpaired) electrons. The van der Waals surface area contributed by atoms with E-state index in [0.717, 1.165) is 35.9 Å². The molecule has 1 aromatic rings. The molecule has 0 amide bonds. The van der Waals surface area contributed by atoms with Crippen molar-refractivity contribution >= 4 is 15.9 Å². The van der Waals surface area contributed by atoms with Gasteiger partial charge in [0.25, 0.3) is 0 Å². The molecule has 4 heteroatoms. The van der Waals surface area contributed by atoms with Crippen molar-refractivity contribution in [1.29, 1.82) is 0 Å². The summed E-state index contributed by atoms with van der Waals surface area (Å²) in [7, 11) is 0. The highest BCUT2D eigenvalue weighted by Gasteiger charge is 2.22. The highest BCUT2D eigenvalue weighted by atomic mass is 79.9. The van der Waals surface area contributed by atoms with E-state index in [2.05, 4.69) is 20.9 Å². The molecular formula is C12H16BrNO2. The molecule has 0 aromatic carbocycles. The standard InChI is InChI=1S/C12H16BrNO2/c13-11-7-14-6-5-12(11)16-10-3-1-9(8-15)2-4-10/h5-7,9-10,15H,1-4,8H2. The molecule has 1 saturated carbocycles. The van der Waals surface area contributed by atoms with Gasteiger partial charge in [-0.1, -0.05) is 0 Å². The Morgan fingerprint density at radius 3 is 2.75 bits per heavy atom. The van der Waals surface area contributed by atoms with Crippen LogP contribution in [0.5, 0.6) is 5.75 Å². The first-order valence-corrected chi connectivity index (χ1v) is 6.46.